The molecule has 1 aliphatic rings. The molecule has 4 aromatic rings. The van der Waals surface area contributed by atoms with Gasteiger partial charge in [0, 0.05) is 41.5 Å². The first-order valence-corrected chi connectivity index (χ1v) is 11.5. The van der Waals surface area contributed by atoms with E-state index < -0.39 is 5.91 Å². The molecule has 0 radical (unpaired) electrons. The standard InChI is InChI=1S/C24H22BrN5O3/c1-29-18-8-7-16(25)13-17(18)20(19(21(26)31)24(29)32)30-11-9-15(10-12-30)23-28-27-22(33-23)14-5-3-2-4-6-14/h2-8,13,15H,9-12H2,1H3,(H2,26,31). The molecule has 0 unspecified atom stereocenters. The highest BCUT2D eigenvalue weighted by Gasteiger charge is 2.30. The number of nitrogens with two attached hydrogens (primary N) is 1. The van der Waals surface area contributed by atoms with Gasteiger partial charge >= 0.3 is 0 Å². The van der Waals surface area contributed by atoms with Crippen molar-refractivity contribution in [1.82, 2.24) is 14.8 Å². The number of nitrogens with zero attached hydrogens (tertiary/aromatic N) is 4. The fourth-order valence-corrected chi connectivity index (χ4v) is 4.86. The molecule has 2 aromatic carbocycles. The Labute approximate surface area is 198 Å². The number of aromatic nitrogens is 3. The number of benzene rings is 2. The lowest BCUT2D eigenvalue weighted by atomic mass is 9.95. The predicted molar refractivity (Wildman–Crippen MR) is 129 cm³/mol. The van der Waals surface area contributed by atoms with Crippen LogP contribution in [0.3, 0.4) is 0 Å². The number of pyridine rings is 1. The third-order valence-corrected chi connectivity index (χ3v) is 6.69. The van der Waals surface area contributed by atoms with Gasteiger partial charge in [0.2, 0.25) is 11.8 Å². The number of hydrogen-bond acceptors (Lipinski definition) is 6. The molecule has 0 atom stereocenters. The maximum Gasteiger partial charge on any atom is 0.265 e. The van der Waals surface area contributed by atoms with Gasteiger partial charge in [-0.25, -0.2) is 0 Å². The summed E-state index contributed by atoms with van der Waals surface area (Å²) in [6.07, 6.45) is 1.50. The zero-order valence-electron chi connectivity index (χ0n) is 18.0. The summed E-state index contributed by atoms with van der Waals surface area (Å²) >= 11 is 3.51. The molecule has 1 saturated heterocycles. The molecular weight excluding hydrogens is 486 g/mol. The van der Waals surface area contributed by atoms with Gasteiger partial charge in [-0.3, -0.25) is 9.59 Å². The maximum atomic E-state index is 13.0. The molecule has 0 spiro atoms. The molecule has 2 aromatic heterocycles. The number of hydrogen-bond donors (Lipinski definition) is 1. The van der Waals surface area contributed by atoms with Crippen molar-refractivity contribution in [3.63, 3.8) is 0 Å². The van der Waals surface area contributed by atoms with E-state index in [1.807, 2.05) is 48.5 Å². The van der Waals surface area contributed by atoms with Crippen LogP contribution in [0.25, 0.3) is 22.4 Å². The fourth-order valence-electron chi connectivity index (χ4n) is 4.50. The van der Waals surface area contributed by atoms with Crippen molar-refractivity contribution in [3.8, 4) is 11.5 Å². The summed E-state index contributed by atoms with van der Waals surface area (Å²) in [5.74, 6) is 0.499. The number of carbonyl (C=O) groups is 1. The number of halogens is 1. The number of primary amides is 1. The van der Waals surface area contributed by atoms with Crippen molar-refractivity contribution in [1.29, 1.82) is 0 Å². The van der Waals surface area contributed by atoms with E-state index in [1.54, 1.807) is 7.05 Å². The Morgan fingerprint density at radius 3 is 2.55 bits per heavy atom. The Morgan fingerprint density at radius 1 is 1.12 bits per heavy atom. The third-order valence-electron chi connectivity index (χ3n) is 6.20. The van der Waals surface area contributed by atoms with Crippen LogP contribution in [0, 0.1) is 0 Å². The summed E-state index contributed by atoms with van der Waals surface area (Å²) in [5, 5.41) is 9.29. The highest BCUT2D eigenvalue weighted by atomic mass is 79.9. The van der Waals surface area contributed by atoms with Crippen molar-refractivity contribution in [2.24, 2.45) is 12.8 Å². The zero-order valence-corrected chi connectivity index (χ0v) is 19.6. The van der Waals surface area contributed by atoms with Crippen LogP contribution in [0.4, 0.5) is 5.69 Å². The van der Waals surface area contributed by atoms with Crippen LogP contribution >= 0.6 is 15.9 Å². The molecule has 33 heavy (non-hydrogen) atoms. The molecular formula is C24H22BrN5O3. The van der Waals surface area contributed by atoms with Crippen LogP contribution < -0.4 is 16.2 Å². The van der Waals surface area contributed by atoms with Crippen molar-refractivity contribution >= 4 is 38.4 Å². The van der Waals surface area contributed by atoms with E-state index in [-0.39, 0.29) is 17.0 Å². The topological polar surface area (TPSA) is 107 Å². The lowest BCUT2D eigenvalue weighted by molar-refractivity contribution is 0.0999. The van der Waals surface area contributed by atoms with Gasteiger partial charge in [0.05, 0.1) is 11.2 Å². The van der Waals surface area contributed by atoms with Crippen LogP contribution in [0.5, 0.6) is 0 Å². The van der Waals surface area contributed by atoms with E-state index in [0.717, 1.165) is 33.8 Å². The average Bonchev–Trinajstić information content (AvgIpc) is 3.32. The van der Waals surface area contributed by atoms with Crippen molar-refractivity contribution in [3.05, 3.63) is 74.8 Å². The SMILES string of the molecule is Cn1c(=O)c(C(N)=O)c(N2CCC(c3nnc(-c4ccccc4)o3)CC2)c2cc(Br)ccc21. The maximum absolute atomic E-state index is 13.0. The average molecular weight is 508 g/mol. The Bertz CT molecular complexity index is 1410. The summed E-state index contributed by atoms with van der Waals surface area (Å²) in [6, 6.07) is 15.3. The minimum atomic E-state index is -0.723. The van der Waals surface area contributed by atoms with Gasteiger partial charge < -0.3 is 19.6 Å². The number of aryl methyl sites for hydroxylation is 1. The molecule has 8 nitrogen and oxygen atoms in total. The van der Waals surface area contributed by atoms with Gasteiger partial charge in [0.25, 0.3) is 11.5 Å². The largest absolute Gasteiger partial charge is 0.420 e. The van der Waals surface area contributed by atoms with Crippen LogP contribution in [-0.4, -0.2) is 33.8 Å². The summed E-state index contributed by atoms with van der Waals surface area (Å²) < 4.78 is 8.29. The second-order valence-electron chi connectivity index (χ2n) is 8.19. The normalized spacial score (nSPS) is 14.7. The number of anilines is 1. The van der Waals surface area contributed by atoms with Crippen LogP contribution in [-0.2, 0) is 7.05 Å². The molecule has 1 amide bonds. The van der Waals surface area contributed by atoms with Crippen LogP contribution in [0.15, 0.2) is 62.2 Å². The second kappa shape index (κ2) is 8.47. The van der Waals surface area contributed by atoms with Crippen molar-refractivity contribution in [2.45, 2.75) is 18.8 Å². The molecule has 0 saturated carbocycles. The van der Waals surface area contributed by atoms with Gasteiger partial charge in [-0.2, -0.15) is 0 Å². The van der Waals surface area contributed by atoms with E-state index in [9.17, 15) is 9.59 Å². The quantitative estimate of drug-likeness (QED) is 0.449. The van der Waals surface area contributed by atoms with Crippen LogP contribution in [0.1, 0.15) is 35.0 Å². The minimum Gasteiger partial charge on any atom is -0.420 e. The molecule has 1 fully saturated rings. The third kappa shape index (κ3) is 3.82. The van der Waals surface area contributed by atoms with E-state index in [2.05, 4.69) is 31.0 Å². The molecule has 2 N–H and O–H groups in total. The van der Waals surface area contributed by atoms with Gasteiger partial charge in [0.15, 0.2) is 0 Å². The van der Waals surface area contributed by atoms with Gasteiger partial charge in [-0.05, 0) is 43.2 Å². The lowest BCUT2D eigenvalue weighted by Gasteiger charge is -2.34. The fraction of sp³-hybridized carbons (Fsp3) is 0.250. The molecule has 5 rings (SSSR count). The van der Waals surface area contributed by atoms with E-state index >= 15 is 0 Å². The second-order valence-corrected chi connectivity index (χ2v) is 9.10. The lowest BCUT2D eigenvalue weighted by Crippen LogP contribution is -2.38. The summed E-state index contributed by atoms with van der Waals surface area (Å²) in [6.45, 7) is 1.26. The number of amides is 1. The summed E-state index contributed by atoms with van der Waals surface area (Å²) in [4.78, 5) is 27.4. The first kappa shape index (κ1) is 21.4. The van der Waals surface area contributed by atoms with E-state index in [1.165, 1.54) is 4.57 Å². The summed E-state index contributed by atoms with van der Waals surface area (Å²) in [7, 11) is 1.65. The van der Waals surface area contributed by atoms with Crippen LogP contribution in [0.2, 0.25) is 0 Å². The Morgan fingerprint density at radius 2 is 1.85 bits per heavy atom. The number of piperidine rings is 1. The van der Waals surface area contributed by atoms with Gasteiger partial charge in [-0.1, -0.05) is 34.1 Å². The van der Waals surface area contributed by atoms with E-state index in [4.69, 9.17) is 10.2 Å². The Hall–Kier alpha value is -3.46. The van der Waals surface area contributed by atoms with E-state index in [0.29, 0.717) is 30.6 Å². The summed E-state index contributed by atoms with van der Waals surface area (Å²) in [5.41, 5.74) is 7.53. The molecule has 168 valence electrons. The first-order valence-electron chi connectivity index (χ1n) is 10.7. The molecule has 0 aliphatic carbocycles. The van der Waals surface area contributed by atoms with Crippen molar-refractivity contribution < 1.29 is 9.21 Å². The zero-order chi connectivity index (χ0) is 23.1. The first-order chi connectivity index (χ1) is 15.9. The number of rotatable bonds is 4. The number of carbonyl (C=O) groups excluding carboxylic acids is 1. The number of fused-ring (bicyclic) bond motifs is 1. The van der Waals surface area contributed by atoms with Gasteiger partial charge in [0.1, 0.15) is 5.56 Å². The monoisotopic (exact) mass is 507 g/mol. The highest BCUT2D eigenvalue weighted by molar-refractivity contribution is 9.10. The molecule has 1 aliphatic heterocycles. The molecule has 0 bridgehead atoms. The highest BCUT2D eigenvalue weighted by Crippen LogP contribution is 2.36. The Kier molecular flexibility index (Phi) is 5.49. The Balaban J connectivity index is 1.47. The smallest absolute Gasteiger partial charge is 0.265 e. The van der Waals surface area contributed by atoms with Crippen molar-refractivity contribution in [2.75, 3.05) is 18.0 Å². The van der Waals surface area contributed by atoms with Gasteiger partial charge in [-0.15, -0.1) is 10.2 Å². The molecule has 3 heterocycles. The minimum absolute atomic E-state index is 0.0192. The molecule has 9 heteroatoms. The predicted octanol–water partition coefficient (Wildman–Crippen LogP) is 3.83.